The van der Waals surface area contributed by atoms with E-state index in [9.17, 15) is 4.79 Å². The summed E-state index contributed by atoms with van der Waals surface area (Å²) >= 11 is 0. The summed E-state index contributed by atoms with van der Waals surface area (Å²) in [6.45, 7) is 4.62. The smallest absolute Gasteiger partial charge is 0.223 e. The van der Waals surface area contributed by atoms with Crippen LogP contribution in [0.25, 0.3) is 0 Å². The molecule has 0 unspecified atom stereocenters. The molecule has 0 aromatic carbocycles. The molecule has 1 aromatic rings. The second-order valence-corrected chi connectivity index (χ2v) is 3.69. The summed E-state index contributed by atoms with van der Waals surface area (Å²) in [5.74, 6) is 0.137. The molecule has 0 spiro atoms. The van der Waals surface area contributed by atoms with Crippen molar-refractivity contribution in [2.24, 2.45) is 0 Å². The number of amides is 1. The Bertz CT molecular complexity index is 328. The van der Waals surface area contributed by atoms with Crippen molar-refractivity contribution in [3.05, 3.63) is 17.5 Å². The van der Waals surface area contributed by atoms with E-state index in [1.165, 1.54) is 0 Å². The second kappa shape index (κ2) is 4.26. The van der Waals surface area contributed by atoms with Gasteiger partial charge >= 0.3 is 0 Å². The van der Waals surface area contributed by atoms with E-state index in [2.05, 4.69) is 5.10 Å². The predicted molar refractivity (Wildman–Crippen MR) is 55.0 cm³/mol. The number of nitrogens with zero attached hydrogens (tertiary/aromatic N) is 3. The first-order valence-electron chi connectivity index (χ1n) is 4.72. The molecule has 4 nitrogen and oxygen atoms in total. The lowest BCUT2D eigenvalue weighted by Gasteiger charge is -2.10. The fourth-order valence-corrected chi connectivity index (χ4v) is 1.33. The maximum absolute atomic E-state index is 11.3. The van der Waals surface area contributed by atoms with E-state index in [0.717, 1.165) is 11.4 Å². The number of carbonyl (C=O) groups excluding carboxylic acids is 1. The lowest BCUT2D eigenvalue weighted by molar-refractivity contribution is -0.128. The van der Waals surface area contributed by atoms with E-state index in [0.29, 0.717) is 13.0 Å². The predicted octanol–water partition coefficient (Wildman–Crippen LogP) is 0.978. The minimum Gasteiger partial charge on any atom is -0.349 e. The molecular formula is C10H17N3O. The fraction of sp³-hybridized carbons (Fsp3) is 0.600. The van der Waals surface area contributed by atoms with Crippen LogP contribution in [0.15, 0.2) is 6.07 Å². The number of rotatable bonds is 3. The minimum atomic E-state index is 0.137. The number of hydrogen-bond donors (Lipinski definition) is 0. The molecule has 0 N–H and O–H groups in total. The Morgan fingerprint density at radius 2 is 2.14 bits per heavy atom. The summed E-state index contributed by atoms with van der Waals surface area (Å²) in [6.07, 6.45) is 0.509. The Hall–Kier alpha value is -1.32. The van der Waals surface area contributed by atoms with Crippen LogP contribution in [0, 0.1) is 13.8 Å². The van der Waals surface area contributed by atoms with Gasteiger partial charge in [-0.2, -0.15) is 5.10 Å². The average molecular weight is 195 g/mol. The van der Waals surface area contributed by atoms with Crippen molar-refractivity contribution in [1.82, 2.24) is 14.7 Å². The Labute approximate surface area is 84.5 Å². The monoisotopic (exact) mass is 195 g/mol. The molecule has 0 atom stereocenters. The molecule has 0 aliphatic rings. The van der Waals surface area contributed by atoms with Gasteiger partial charge in [0.2, 0.25) is 5.91 Å². The van der Waals surface area contributed by atoms with Gasteiger partial charge in [0.25, 0.3) is 0 Å². The lowest BCUT2D eigenvalue weighted by atomic mass is 10.3. The summed E-state index contributed by atoms with van der Waals surface area (Å²) in [5.41, 5.74) is 2.11. The molecule has 1 aromatic heterocycles. The van der Waals surface area contributed by atoms with Crippen molar-refractivity contribution >= 4 is 5.91 Å². The first-order chi connectivity index (χ1) is 6.50. The van der Waals surface area contributed by atoms with Crippen molar-refractivity contribution in [1.29, 1.82) is 0 Å². The van der Waals surface area contributed by atoms with E-state index in [4.69, 9.17) is 0 Å². The van der Waals surface area contributed by atoms with Crippen LogP contribution in [0.4, 0.5) is 0 Å². The van der Waals surface area contributed by atoms with E-state index in [1.807, 2.05) is 24.6 Å². The molecule has 1 rings (SSSR count). The summed E-state index contributed by atoms with van der Waals surface area (Å²) in [6, 6.07) is 2.01. The summed E-state index contributed by atoms with van der Waals surface area (Å²) in [5, 5.41) is 4.29. The van der Waals surface area contributed by atoms with Gasteiger partial charge in [-0.15, -0.1) is 0 Å². The highest BCUT2D eigenvalue weighted by molar-refractivity contribution is 5.75. The first-order valence-corrected chi connectivity index (χ1v) is 4.72. The average Bonchev–Trinajstić information content (AvgIpc) is 2.40. The largest absolute Gasteiger partial charge is 0.349 e. The quantitative estimate of drug-likeness (QED) is 0.721. The number of aryl methyl sites for hydroxylation is 3. The molecule has 0 saturated heterocycles. The van der Waals surface area contributed by atoms with Crippen molar-refractivity contribution in [2.45, 2.75) is 26.8 Å². The Morgan fingerprint density at radius 3 is 2.57 bits per heavy atom. The SMILES string of the molecule is Cc1cc(C)n(CCC(=O)N(C)C)n1. The zero-order valence-corrected chi connectivity index (χ0v) is 9.24. The van der Waals surface area contributed by atoms with Gasteiger partial charge in [0, 0.05) is 32.8 Å². The second-order valence-electron chi connectivity index (χ2n) is 3.69. The molecule has 0 radical (unpaired) electrons. The Kier molecular flexibility index (Phi) is 3.28. The maximum atomic E-state index is 11.3. The lowest BCUT2D eigenvalue weighted by Crippen LogP contribution is -2.23. The molecule has 1 amide bonds. The highest BCUT2D eigenvalue weighted by atomic mass is 16.2. The number of hydrogen-bond acceptors (Lipinski definition) is 2. The third kappa shape index (κ3) is 2.58. The zero-order chi connectivity index (χ0) is 10.7. The van der Waals surface area contributed by atoms with Crippen LogP contribution in [0.2, 0.25) is 0 Å². The molecule has 0 aliphatic heterocycles. The Balaban J connectivity index is 2.54. The minimum absolute atomic E-state index is 0.137. The number of carbonyl (C=O) groups is 1. The molecule has 14 heavy (non-hydrogen) atoms. The third-order valence-electron chi connectivity index (χ3n) is 2.14. The molecular weight excluding hydrogens is 178 g/mol. The summed E-state index contributed by atoms with van der Waals surface area (Å²) in [7, 11) is 3.53. The van der Waals surface area contributed by atoms with Crippen LogP contribution in [0.1, 0.15) is 17.8 Å². The number of aromatic nitrogens is 2. The molecule has 0 aliphatic carbocycles. The van der Waals surface area contributed by atoms with E-state index >= 15 is 0 Å². The van der Waals surface area contributed by atoms with Gasteiger partial charge in [0.05, 0.1) is 5.69 Å². The maximum Gasteiger partial charge on any atom is 0.223 e. The van der Waals surface area contributed by atoms with E-state index in [-0.39, 0.29) is 5.91 Å². The van der Waals surface area contributed by atoms with Gasteiger partial charge in [0.1, 0.15) is 0 Å². The molecule has 0 fully saturated rings. The molecule has 78 valence electrons. The normalized spacial score (nSPS) is 10.3. The molecule has 1 heterocycles. The van der Waals surface area contributed by atoms with Crippen LogP contribution in [0.5, 0.6) is 0 Å². The molecule has 0 bridgehead atoms. The summed E-state index contributed by atoms with van der Waals surface area (Å²) in [4.78, 5) is 12.9. The van der Waals surface area contributed by atoms with Gasteiger partial charge in [0.15, 0.2) is 0 Å². The Morgan fingerprint density at radius 1 is 1.50 bits per heavy atom. The van der Waals surface area contributed by atoms with Gasteiger partial charge in [-0.25, -0.2) is 0 Å². The zero-order valence-electron chi connectivity index (χ0n) is 9.24. The van der Waals surface area contributed by atoms with E-state index < -0.39 is 0 Å². The van der Waals surface area contributed by atoms with Crippen molar-refractivity contribution in [3.63, 3.8) is 0 Å². The van der Waals surface area contributed by atoms with Gasteiger partial charge < -0.3 is 4.90 Å². The standard InChI is InChI=1S/C10H17N3O/c1-8-7-9(2)13(11-8)6-5-10(14)12(3)4/h7H,5-6H2,1-4H3. The van der Waals surface area contributed by atoms with Crippen LogP contribution >= 0.6 is 0 Å². The summed E-state index contributed by atoms with van der Waals surface area (Å²) < 4.78 is 1.87. The highest BCUT2D eigenvalue weighted by Gasteiger charge is 2.06. The van der Waals surface area contributed by atoms with Crippen molar-refractivity contribution in [2.75, 3.05) is 14.1 Å². The van der Waals surface area contributed by atoms with Gasteiger partial charge in [-0.1, -0.05) is 0 Å². The van der Waals surface area contributed by atoms with Gasteiger partial charge in [-0.05, 0) is 19.9 Å². The van der Waals surface area contributed by atoms with Crippen LogP contribution in [-0.2, 0) is 11.3 Å². The van der Waals surface area contributed by atoms with Crippen molar-refractivity contribution < 1.29 is 4.79 Å². The van der Waals surface area contributed by atoms with E-state index in [1.54, 1.807) is 19.0 Å². The molecule has 4 heteroatoms. The highest BCUT2D eigenvalue weighted by Crippen LogP contribution is 2.03. The fourth-order valence-electron chi connectivity index (χ4n) is 1.33. The topological polar surface area (TPSA) is 38.1 Å². The third-order valence-corrected chi connectivity index (χ3v) is 2.14. The van der Waals surface area contributed by atoms with Crippen LogP contribution in [0.3, 0.4) is 0 Å². The molecule has 0 saturated carbocycles. The van der Waals surface area contributed by atoms with Gasteiger partial charge in [-0.3, -0.25) is 9.48 Å². The van der Waals surface area contributed by atoms with Crippen LogP contribution < -0.4 is 0 Å². The van der Waals surface area contributed by atoms with Crippen LogP contribution in [-0.4, -0.2) is 34.7 Å². The first kappa shape index (κ1) is 10.8. The van der Waals surface area contributed by atoms with Crippen molar-refractivity contribution in [3.8, 4) is 0 Å².